The Morgan fingerprint density at radius 1 is 1.00 bits per heavy atom. The molecule has 1 aliphatic heterocycles. The van der Waals surface area contributed by atoms with Crippen LogP contribution in [0.5, 0.6) is 0 Å². The lowest BCUT2D eigenvalue weighted by Gasteiger charge is -2.32. The number of carbonyl (C=O) groups is 1. The van der Waals surface area contributed by atoms with Crippen molar-refractivity contribution in [2.75, 3.05) is 19.6 Å². The summed E-state index contributed by atoms with van der Waals surface area (Å²) in [5.74, 6) is -0.264. The predicted molar refractivity (Wildman–Crippen MR) is 109 cm³/mol. The summed E-state index contributed by atoms with van der Waals surface area (Å²) in [7, 11) is 0. The Balaban J connectivity index is 1.37. The lowest BCUT2D eigenvalue weighted by molar-refractivity contribution is 0.0730. The van der Waals surface area contributed by atoms with Gasteiger partial charge in [0.05, 0.1) is 6.10 Å². The number of β-amino-alcohol motifs (C(OH)–C–C–N with tert-alkyl or cyclic N) is 1. The van der Waals surface area contributed by atoms with Crippen LogP contribution < -0.4 is 0 Å². The summed E-state index contributed by atoms with van der Waals surface area (Å²) < 4.78 is 13.1. The van der Waals surface area contributed by atoms with Gasteiger partial charge in [-0.2, -0.15) is 0 Å². The van der Waals surface area contributed by atoms with Gasteiger partial charge in [-0.15, -0.1) is 0 Å². The molecule has 3 aromatic carbocycles. The van der Waals surface area contributed by atoms with E-state index in [0.29, 0.717) is 12.1 Å². The summed E-state index contributed by atoms with van der Waals surface area (Å²) in [4.78, 5) is 14.8. The highest BCUT2D eigenvalue weighted by atomic mass is 19.1. The second kappa shape index (κ2) is 8.21. The van der Waals surface area contributed by atoms with Crippen molar-refractivity contribution in [3.05, 3.63) is 83.7 Å². The topological polar surface area (TPSA) is 40.5 Å². The molecule has 0 saturated carbocycles. The molecule has 1 heterocycles. The van der Waals surface area contributed by atoms with Gasteiger partial charge in [-0.3, -0.25) is 4.79 Å². The molecule has 0 spiro atoms. The Labute approximate surface area is 164 Å². The first kappa shape index (κ1) is 18.8. The van der Waals surface area contributed by atoms with Crippen molar-refractivity contribution in [1.82, 2.24) is 4.90 Å². The maximum absolute atomic E-state index is 13.1. The molecule has 1 saturated heterocycles. The van der Waals surface area contributed by atoms with E-state index in [4.69, 9.17) is 0 Å². The molecule has 1 fully saturated rings. The molecule has 4 heteroatoms. The first-order valence-electron chi connectivity index (χ1n) is 9.79. The summed E-state index contributed by atoms with van der Waals surface area (Å²) in [5, 5.41) is 13.0. The van der Waals surface area contributed by atoms with E-state index in [0.717, 1.165) is 42.3 Å². The van der Waals surface area contributed by atoms with Gasteiger partial charge >= 0.3 is 0 Å². The number of benzene rings is 3. The zero-order valence-corrected chi connectivity index (χ0v) is 15.7. The molecule has 28 heavy (non-hydrogen) atoms. The van der Waals surface area contributed by atoms with E-state index >= 15 is 0 Å². The monoisotopic (exact) mass is 377 g/mol. The highest BCUT2D eigenvalue weighted by molar-refractivity contribution is 5.97. The Bertz CT molecular complexity index is 957. The van der Waals surface area contributed by atoms with E-state index in [-0.39, 0.29) is 17.5 Å². The molecule has 0 unspecified atom stereocenters. The van der Waals surface area contributed by atoms with Crippen molar-refractivity contribution >= 4 is 16.6 Å². The molecule has 3 nitrogen and oxygen atoms in total. The van der Waals surface area contributed by atoms with Crippen LogP contribution in [0.15, 0.2) is 66.7 Å². The first-order chi connectivity index (χ1) is 13.6. The van der Waals surface area contributed by atoms with Crippen LogP contribution in [0.1, 0.15) is 34.9 Å². The van der Waals surface area contributed by atoms with E-state index in [1.165, 1.54) is 12.1 Å². The molecular weight excluding hydrogens is 353 g/mol. The van der Waals surface area contributed by atoms with E-state index in [9.17, 15) is 14.3 Å². The smallest absolute Gasteiger partial charge is 0.166 e. The van der Waals surface area contributed by atoms with Gasteiger partial charge in [-0.05, 0) is 66.5 Å². The molecule has 1 aliphatic rings. The molecule has 3 aromatic rings. The van der Waals surface area contributed by atoms with Gasteiger partial charge in [0, 0.05) is 18.0 Å². The molecule has 1 N–H and O–H groups in total. The number of nitrogens with zero attached hydrogens (tertiary/aromatic N) is 1. The molecule has 4 rings (SSSR count). The number of likely N-dealkylation sites (tertiary alicyclic amines) is 1. The Hall–Kier alpha value is -2.56. The minimum atomic E-state index is -0.560. The molecule has 1 atom stereocenters. The zero-order chi connectivity index (χ0) is 19.5. The summed E-state index contributed by atoms with van der Waals surface area (Å²) in [6, 6.07) is 19.9. The van der Waals surface area contributed by atoms with Crippen molar-refractivity contribution < 1.29 is 14.3 Å². The average Bonchev–Trinajstić information content (AvgIpc) is 2.74. The maximum Gasteiger partial charge on any atom is 0.166 e. The quantitative estimate of drug-likeness (QED) is 0.660. The molecule has 0 aliphatic carbocycles. The van der Waals surface area contributed by atoms with Crippen molar-refractivity contribution in [3.63, 3.8) is 0 Å². The average molecular weight is 377 g/mol. The Morgan fingerprint density at radius 2 is 1.68 bits per heavy atom. The lowest BCUT2D eigenvalue weighted by atomic mass is 9.88. The van der Waals surface area contributed by atoms with Crippen LogP contribution in [0.25, 0.3) is 10.8 Å². The minimum absolute atomic E-state index is 0.0311. The number of hydrogen-bond acceptors (Lipinski definition) is 3. The van der Waals surface area contributed by atoms with Gasteiger partial charge in [0.1, 0.15) is 5.82 Å². The number of hydrogen-bond donors (Lipinski definition) is 1. The molecule has 0 radical (unpaired) electrons. The summed E-state index contributed by atoms with van der Waals surface area (Å²) in [6.45, 7) is 2.12. The SMILES string of the molecule is O=C(c1ccc(F)cc1)C1CCN(C[C@@H](O)c2cccc3ccccc23)CC1. The second-order valence-corrected chi connectivity index (χ2v) is 7.53. The number of ketones is 1. The molecule has 0 bridgehead atoms. The van der Waals surface area contributed by atoms with E-state index in [2.05, 4.69) is 17.0 Å². The maximum atomic E-state index is 13.1. The van der Waals surface area contributed by atoms with Crippen molar-refractivity contribution in [2.45, 2.75) is 18.9 Å². The van der Waals surface area contributed by atoms with E-state index < -0.39 is 6.10 Å². The highest BCUT2D eigenvalue weighted by Crippen LogP contribution is 2.27. The van der Waals surface area contributed by atoms with Gasteiger partial charge in [0.2, 0.25) is 0 Å². The Kier molecular flexibility index (Phi) is 5.51. The van der Waals surface area contributed by atoms with Gasteiger partial charge in [-0.1, -0.05) is 42.5 Å². The largest absolute Gasteiger partial charge is 0.387 e. The van der Waals surface area contributed by atoms with Crippen LogP contribution >= 0.6 is 0 Å². The molecule has 0 aromatic heterocycles. The fraction of sp³-hybridized carbons (Fsp3) is 0.292. The standard InChI is InChI=1S/C24H24FNO2/c25-20-10-8-18(9-11-20)24(28)19-12-14-26(15-13-19)16-23(27)22-7-3-5-17-4-1-2-6-21(17)22/h1-11,19,23,27H,12-16H2/t23-/m1/s1. The third-order valence-electron chi connectivity index (χ3n) is 5.70. The minimum Gasteiger partial charge on any atom is -0.387 e. The summed E-state index contributed by atoms with van der Waals surface area (Å²) >= 11 is 0. The second-order valence-electron chi connectivity index (χ2n) is 7.53. The van der Waals surface area contributed by atoms with Crippen molar-refractivity contribution in [2.24, 2.45) is 5.92 Å². The predicted octanol–water partition coefficient (Wildman–Crippen LogP) is 4.61. The number of carbonyl (C=O) groups excluding carboxylic acids is 1. The fourth-order valence-corrected chi connectivity index (χ4v) is 4.11. The van der Waals surface area contributed by atoms with E-state index in [1.807, 2.05) is 30.3 Å². The summed E-state index contributed by atoms with van der Waals surface area (Å²) in [5.41, 5.74) is 1.53. The number of rotatable bonds is 5. The molecular formula is C24H24FNO2. The van der Waals surface area contributed by atoms with Crippen molar-refractivity contribution in [3.8, 4) is 0 Å². The third-order valence-corrected chi connectivity index (χ3v) is 5.70. The molecule has 0 amide bonds. The summed E-state index contributed by atoms with van der Waals surface area (Å²) in [6.07, 6.45) is 0.965. The van der Waals surface area contributed by atoms with Crippen LogP contribution in [-0.4, -0.2) is 35.4 Å². The molecule has 144 valence electrons. The highest BCUT2D eigenvalue weighted by Gasteiger charge is 2.27. The van der Waals surface area contributed by atoms with Crippen LogP contribution in [0.2, 0.25) is 0 Å². The number of aliphatic hydroxyl groups is 1. The van der Waals surface area contributed by atoms with Gasteiger partial charge in [0.25, 0.3) is 0 Å². The van der Waals surface area contributed by atoms with Crippen LogP contribution in [-0.2, 0) is 0 Å². The van der Waals surface area contributed by atoms with Crippen LogP contribution in [0.3, 0.4) is 0 Å². The first-order valence-corrected chi connectivity index (χ1v) is 9.79. The fourth-order valence-electron chi connectivity index (χ4n) is 4.11. The van der Waals surface area contributed by atoms with Crippen LogP contribution in [0.4, 0.5) is 4.39 Å². The van der Waals surface area contributed by atoms with E-state index in [1.54, 1.807) is 12.1 Å². The number of Topliss-reactive ketones (excluding diaryl/α,β-unsaturated/α-hetero) is 1. The Morgan fingerprint density at radius 3 is 2.43 bits per heavy atom. The van der Waals surface area contributed by atoms with Gasteiger partial charge in [-0.25, -0.2) is 4.39 Å². The lowest BCUT2D eigenvalue weighted by Crippen LogP contribution is -2.38. The number of halogens is 1. The van der Waals surface area contributed by atoms with Crippen LogP contribution in [0, 0.1) is 11.7 Å². The van der Waals surface area contributed by atoms with Gasteiger partial charge in [0.15, 0.2) is 5.78 Å². The van der Waals surface area contributed by atoms with Crippen molar-refractivity contribution in [1.29, 1.82) is 0 Å². The third kappa shape index (κ3) is 3.98. The normalized spacial score (nSPS) is 16.9. The number of piperidine rings is 1. The van der Waals surface area contributed by atoms with Gasteiger partial charge < -0.3 is 10.0 Å². The number of fused-ring (bicyclic) bond motifs is 1. The zero-order valence-electron chi connectivity index (χ0n) is 15.7. The number of aliphatic hydroxyl groups excluding tert-OH is 1.